The lowest BCUT2D eigenvalue weighted by atomic mass is 10.3. The predicted octanol–water partition coefficient (Wildman–Crippen LogP) is 1.71. The first kappa shape index (κ1) is 9.08. The van der Waals surface area contributed by atoms with Crippen LogP contribution < -0.4 is 4.72 Å². The lowest BCUT2D eigenvalue weighted by molar-refractivity contribution is -0.117. The standard InChI is InChI=1S/C9H9N3OS/c1-6(13)12-14-9-10-7-4-2-3-5-8(7)11-9/h2-5H,1H3,(H,10,11)(H,12,13). The van der Waals surface area contributed by atoms with E-state index in [9.17, 15) is 4.79 Å². The molecular weight excluding hydrogens is 198 g/mol. The maximum atomic E-state index is 10.7. The second kappa shape index (κ2) is 3.71. The molecule has 5 heteroatoms. The molecule has 0 aliphatic rings. The molecule has 0 saturated heterocycles. The molecule has 1 amide bonds. The molecule has 1 aromatic carbocycles. The summed E-state index contributed by atoms with van der Waals surface area (Å²) >= 11 is 1.19. The van der Waals surface area contributed by atoms with Gasteiger partial charge in [-0.3, -0.25) is 9.52 Å². The van der Waals surface area contributed by atoms with Gasteiger partial charge in [0.25, 0.3) is 0 Å². The first-order valence-electron chi connectivity index (χ1n) is 4.14. The first-order chi connectivity index (χ1) is 6.75. The number of para-hydroxylation sites is 2. The topological polar surface area (TPSA) is 57.8 Å². The smallest absolute Gasteiger partial charge is 0.227 e. The van der Waals surface area contributed by atoms with Crippen molar-refractivity contribution in [3.05, 3.63) is 24.3 Å². The van der Waals surface area contributed by atoms with Gasteiger partial charge in [-0.2, -0.15) is 0 Å². The molecular formula is C9H9N3OS. The monoisotopic (exact) mass is 207 g/mol. The second-order valence-corrected chi connectivity index (χ2v) is 3.61. The molecule has 72 valence electrons. The molecule has 1 aromatic heterocycles. The molecule has 0 saturated carbocycles. The van der Waals surface area contributed by atoms with E-state index < -0.39 is 0 Å². The van der Waals surface area contributed by atoms with Crippen LogP contribution in [-0.2, 0) is 4.79 Å². The maximum Gasteiger partial charge on any atom is 0.227 e. The Bertz CT molecular complexity index is 433. The highest BCUT2D eigenvalue weighted by Gasteiger charge is 2.02. The Hall–Kier alpha value is -1.49. The van der Waals surface area contributed by atoms with E-state index in [0.717, 1.165) is 11.0 Å². The van der Waals surface area contributed by atoms with Crippen molar-refractivity contribution < 1.29 is 4.79 Å². The largest absolute Gasteiger partial charge is 0.331 e. The van der Waals surface area contributed by atoms with Gasteiger partial charge in [0.05, 0.1) is 11.0 Å². The number of carbonyl (C=O) groups excluding carboxylic acids is 1. The molecule has 14 heavy (non-hydrogen) atoms. The van der Waals surface area contributed by atoms with Crippen molar-refractivity contribution in [2.75, 3.05) is 0 Å². The number of hydrogen-bond donors (Lipinski definition) is 2. The Labute approximate surface area is 85.2 Å². The van der Waals surface area contributed by atoms with Crippen molar-refractivity contribution in [3.8, 4) is 0 Å². The number of benzene rings is 1. The zero-order valence-corrected chi connectivity index (χ0v) is 8.39. The van der Waals surface area contributed by atoms with Crippen molar-refractivity contribution in [2.45, 2.75) is 12.1 Å². The molecule has 0 aliphatic heterocycles. The van der Waals surface area contributed by atoms with Gasteiger partial charge in [0.15, 0.2) is 5.16 Å². The third-order valence-corrected chi connectivity index (χ3v) is 2.44. The summed E-state index contributed by atoms with van der Waals surface area (Å²) in [5, 5.41) is 0.696. The Kier molecular flexibility index (Phi) is 2.41. The van der Waals surface area contributed by atoms with Crippen LogP contribution in [0, 0.1) is 0 Å². The van der Waals surface area contributed by atoms with Gasteiger partial charge in [-0.15, -0.1) is 0 Å². The molecule has 0 spiro atoms. The lowest BCUT2D eigenvalue weighted by Crippen LogP contribution is -2.10. The average molecular weight is 207 g/mol. The Morgan fingerprint density at radius 3 is 3.00 bits per heavy atom. The SMILES string of the molecule is CC(=O)NSc1nc2ccccc2[nH]1. The highest BCUT2D eigenvalue weighted by Crippen LogP contribution is 2.16. The summed E-state index contributed by atoms with van der Waals surface area (Å²) < 4.78 is 2.61. The minimum Gasteiger partial charge on any atom is -0.331 e. The third-order valence-electron chi connectivity index (χ3n) is 1.66. The van der Waals surface area contributed by atoms with Crippen LogP contribution in [0.15, 0.2) is 29.4 Å². The fraction of sp³-hybridized carbons (Fsp3) is 0.111. The van der Waals surface area contributed by atoms with Crippen LogP contribution in [0.4, 0.5) is 0 Å². The molecule has 0 aliphatic carbocycles. The van der Waals surface area contributed by atoms with E-state index in [1.807, 2.05) is 24.3 Å². The van der Waals surface area contributed by atoms with Gasteiger partial charge in [0.2, 0.25) is 5.91 Å². The Morgan fingerprint density at radius 2 is 2.29 bits per heavy atom. The van der Waals surface area contributed by atoms with Gasteiger partial charge in [-0.05, 0) is 12.1 Å². The molecule has 1 heterocycles. The van der Waals surface area contributed by atoms with Crippen LogP contribution in [0.25, 0.3) is 11.0 Å². The number of aromatic amines is 1. The van der Waals surface area contributed by atoms with Gasteiger partial charge in [0.1, 0.15) is 0 Å². The summed E-state index contributed by atoms with van der Waals surface area (Å²) in [4.78, 5) is 18.0. The van der Waals surface area contributed by atoms with E-state index in [1.54, 1.807) is 0 Å². The molecule has 2 N–H and O–H groups in total. The highest BCUT2D eigenvalue weighted by atomic mass is 32.2. The minimum absolute atomic E-state index is 0.0875. The summed E-state index contributed by atoms with van der Waals surface area (Å²) in [7, 11) is 0. The molecule has 0 bridgehead atoms. The number of nitrogens with zero attached hydrogens (tertiary/aromatic N) is 1. The van der Waals surface area contributed by atoms with Gasteiger partial charge >= 0.3 is 0 Å². The van der Waals surface area contributed by atoms with E-state index in [-0.39, 0.29) is 5.91 Å². The number of hydrogen-bond acceptors (Lipinski definition) is 3. The van der Waals surface area contributed by atoms with Gasteiger partial charge in [-0.25, -0.2) is 4.98 Å². The van der Waals surface area contributed by atoms with Crippen molar-refractivity contribution >= 4 is 28.9 Å². The van der Waals surface area contributed by atoms with Crippen LogP contribution in [0.2, 0.25) is 0 Å². The number of carbonyl (C=O) groups is 1. The lowest BCUT2D eigenvalue weighted by Gasteiger charge is -1.94. The number of nitrogens with one attached hydrogen (secondary N) is 2. The molecule has 0 atom stereocenters. The highest BCUT2D eigenvalue weighted by molar-refractivity contribution is 7.97. The van der Waals surface area contributed by atoms with E-state index in [0.29, 0.717) is 5.16 Å². The van der Waals surface area contributed by atoms with Gasteiger partial charge in [0, 0.05) is 18.9 Å². The van der Waals surface area contributed by atoms with Crippen LogP contribution in [0.5, 0.6) is 0 Å². The number of aromatic nitrogens is 2. The number of H-pyrrole nitrogens is 1. The summed E-state index contributed by atoms with van der Waals surface area (Å²) in [6.45, 7) is 1.47. The zero-order chi connectivity index (χ0) is 9.97. The average Bonchev–Trinajstić information content (AvgIpc) is 2.57. The van der Waals surface area contributed by atoms with Crippen LogP contribution in [0.1, 0.15) is 6.92 Å². The molecule has 0 fully saturated rings. The van der Waals surface area contributed by atoms with Crippen molar-refractivity contribution in [2.24, 2.45) is 0 Å². The summed E-state index contributed by atoms with van der Waals surface area (Å²) in [5.74, 6) is -0.0875. The Balaban J connectivity index is 2.22. The molecule has 2 aromatic rings. The van der Waals surface area contributed by atoms with E-state index in [4.69, 9.17) is 0 Å². The molecule has 2 rings (SSSR count). The number of amides is 1. The molecule has 0 unspecified atom stereocenters. The van der Waals surface area contributed by atoms with E-state index in [1.165, 1.54) is 18.9 Å². The predicted molar refractivity (Wildman–Crippen MR) is 55.8 cm³/mol. The first-order valence-corrected chi connectivity index (χ1v) is 4.95. The number of rotatable bonds is 2. The fourth-order valence-corrected chi connectivity index (χ4v) is 1.64. The van der Waals surface area contributed by atoms with E-state index >= 15 is 0 Å². The van der Waals surface area contributed by atoms with Crippen molar-refractivity contribution in [1.29, 1.82) is 0 Å². The molecule has 0 radical (unpaired) electrons. The van der Waals surface area contributed by atoms with Crippen LogP contribution in [-0.4, -0.2) is 15.9 Å². The second-order valence-electron chi connectivity index (χ2n) is 2.82. The zero-order valence-electron chi connectivity index (χ0n) is 7.57. The van der Waals surface area contributed by atoms with Crippen molar-refractivity contribution in [3.63, 3.8) is 0 Å². The minimum atomic E-state index is -0.0875. The Morgan fingerprint density at radius 1 is 1.50 bits per heavy atom. The fourth-order valence-electron chi connectivity index (χ4n) is 1.10. The van der Waals surface area contributed by atoms with Crippen LogP contribution >= 0.6 is 11.9 Å². The quantitative estimate of drug-likeness (QED) is 0.737. The van der Waals surface area contributed by atoms with Crippen molar-refractivity contribution in [1.82, 2.24) is 14.7 Å². The summed E-state index contributed by atoms with van der Waals surface area (Å²) in [6, 6.07) is 7.73. The number of imidazole rings is 1. The van der Waals surface area contributed by atoms with Gasteiger partial charge in [-0.1, -0.05) is 12.1 Å². The third kappa shape index (κ3) is 1.88. The maximum absolute atomic E-state index is 10.7. The summed E-state index contributed by atoms with van der Waals surface area (Å²) in [6.07, 6.45) is 0. The van der Waals surface area contributed by atoms with Crippen LogP contribution in [0.3, 0.4) is 0 Å². The normalized spacial score (nSPS) is 10.4. The van der Waals surface area contributed by atoms with Gasteiger partial charge < -0.3 is 4.98 Å². The molecule has 4 nitrogen and oxygen atoms in total. The number of fused-ring (bicyclic) bond motifs is 1. The van der Waals surface area contributed by atoms with E-state index in [2.05, 4.69) is 14.7 Å². The summed E-state index contributed by atoms with van der Waals surface area (Å²) in [5.41, 5.74) is 1.88.